The van der Waals surface area contributed by atoms with E-state index in [1.807, 2.05) is 36.4 Å². The van der Waals surface area contributed by atoms with Crippen LogP contribution in [0.2, 0.25) is 10.0 Å². The molecule has 1 atom stereocenters. The molecular weight excluding hydrogens is 699 g/mol. The molecule has 2 saturated heterocycles. The Hall–Kier alpha value is -3.84. The van der Waals surface area contributed by atoms with E-state index >= 15 is 0 Å². The van der Waals surface area contributed by atoms with Crippen molar-refractivity contribution in [2.45, 2.75) is 63.6 Å². The third-order valence-electron chi connectivity index (χ3n) is 9.87. The molecule has 1 aliphatic carbocycles. The second-order valence-electron chi connectivity index (χ2n) is 13.5. The standard InChI is InChI=1S/C36H38Cl2N6O5S/c1-48-34-27(11-3-6-21-12-13-31(45)42-21)40-16-28(43-34)25-9-4-7-23(32(25)37)24-8-5-10-26(33(24)38)29-17-41-30(35(44-29)49-2)18-39-22-14-36(15-22)19-50(46,47)20-36/h4-5,7-10,16-17,21-22,39H,3,6,11-15,18-20H2,1-2H3,(H,42,45)/t21-/m1/s1. The Labute approximate surface area is 301 Å². The molecule has 2 aromatic heterocycles. The number of hydrogen-bond acceptors (Lipinski definition) is 10. The fourth-order valence-electron chi connectivity index (χ4n) is 7.46. The smallest absolute Gasteiger partial charge is 0.237 e. The van der Waals surface area contributed by atoms with E-state index in [-0.39, 0.29) is 23.4 Å². The Bertz CT molecular complexity index is 2040. The lowest BCUT2D eigenvalue weighted by molar-refractivity contribution is -0.119. The van der Waals surface area contributed by atoms with Gasteiger partial charge in [0.25, 0.3) is 0 Å². The first-order chi connectivity index (χ1) is 24.1. The summed E-state index contributed by atoms with van der Waals surface area (Å²) in [7, 11) is 0.291. The molecule has 2 aromatic carbocycles. The molecular formula is C36H38Cl2N6O5S. The number of sulfone groups is 1. The molecule has 1 saturated carbocycles. The summed E-state index contributed by atoms with van der Waals surface area (Å²) in [6.45, 7) is 0.453. The van der Waals surface area contributed by atoms with Gasteiger partial charge in [0, 0.05) is 52.7 Å². The van der Waals surface area contributed by atoms with Gasteiger partial charge >= 0.3 is 0 Å². The number of hydrogen-bond donors (Lipinski definition) is 2. The maximum absolute atomic E-state index is 11.6. The van der Waals surface area contributed by atoms with E-state index in [4.69, 9.17) is 42.6 Å². The monoisotopic (exact) mass is 736 g/mol. The van der Waals surface area contributed by atoms with Crippen LogP contribution in [0.15, 0.2) is 48.8 Å². The minimum Gasteiger partial charge on any atom is -0.480 e. The quantitative estimate of drug-likeness (QED) is 0.181. The molecule has 0 bridgehead atoms. The zero-order valence-electron chi connectivity index (χ0n) is 27.8. The number of nitrogens with one attached hydrogen (secondary N) is 2. The van der Waals surface area contributed by atoms with Gasteiger partial charge in [-0.05, 0) is 38.5 Å². The molecule has 1 spiro atoms. The van der Waals surface area contributed by atoms with Crippen LogP contribution >= 0.6 is 23.2 Å². The molecule has 7 rings (SSSR count). The van der Waals surface area contributed by atoms with Gasteiger partial charge in [0.2, 0.25) is 17.7 Å². The average molecular weight is 738 g/mol. The summed E-state index contributed by atoms with van der Waals surface area (Å²) in [5.41, 5.74) is 5.29. The van der Waals surface area contributed by atoms with Crippen molar-refractivity contribution in [1.29, 1.82) is 0 Å². The van der Waals surface area contributed by atoms with Gasteiger partial charge in [-0.2, -0.15) is 0 Å². The Morgan fingerprint density at radius 1 is 0.880 bits per heavy atom. The van der Waals surface area contributed by atoms with Gasteiger partial charge in [-0.15, -0.1) is 0 Å². The predicted octanol–water partition coefficient (Wildman–Crippen LogP) is 5.86. The topological polar surface area (TPSA) is 145 Å². The minimum absolute atomic E-state index is 0.0392. The number of ether oxygens (including phenoxy) is 2. The molecule has 1 amide bonds. The molecule has 11 nitrogen and oxygen atoms in total. The number of aryl methyl sites for hydroxylation is 1. The van der Waals surface area contributed by atoms with Crippen molar-refractivity contribution >= 4 is 38.9 Å². The third kappa shape index (κ3) is 7.03. The number of halogens is 2. The molecule has 3 fully saturated rings. The minimum atomic E-state index is -2.84. The second-order valence-corrected chi connectivity index (χ2v) is 16.3. The number of nitrogens with zero attached hydrogens (tertiary/aromatic N) is 4. The number of carbonyl (C=O) groups is 1. The van der Waals surface area contributed by atoms with Crippen molar-refractivity contribution in [3.8, 4) is 45.4 Å². The second kappa shape index (κ2) is 14.1. The SMILES string of the molecule is COc1nc(-c2cccc(-c3cccc(-c4cnc(CNC5CC6(C5)CS(=O)(=O)C6)c(OC)n4)c3Cl)c2Cl)cnc1CCC[C@@H]1CCC(=O)N1. The lowest BCUT2D eigenvalue weighted by atomic mass is 9.67. The van der Waals surface area contributed by atoms with Crippen molar-refractivity contribution in [3.05, 3.63) is 70.2 Å². The van der Waals surface area contributed by atoms with Crippen molar-refractivity contribution in [2.24, 2.45) is 5.41 Å². The number of carbonyl (C=O) groups excluding carboxylic acids is 1. The fourth-order valence-corrected chi connectivity index (χ4v) is 10.4. The normalized spacial score (nSPS) is 19.1. The maximum Gasteiger partial charge on any atom is 0.237 e. The molecule has 14 heteroatoms. The first-order valence-corrected chi connectivity index (χ1v) is 19.3. The molecule has 4 aromatic rings. The van der Waals surface area contributed by atoms with E-state index < -0.39 is 9.84 Å². The molecule has 0 unspecified atom stereocenters. The number of aromatic nitrogens is 4. The predicted molar refractivity (Wildman–Crippen MR) is 192 cm³/mol. The van der Waals surface area contributed by atoms with E-state index in [1.165, 1.54) is 0 Å². The van der Waals surface area contributed by atoms with Crippen LogP contribution in [0.1, 0.15) is 49.9 Å². The molecule has 50 heavy (non-hydrogen) atoms. The summed E-state index contributed by atoms with van der Waals surface area (Å²) < 4.78 is 34.5. The van der Waals surface area contributed by atoms with Gasteiger partial charge in [0.1, 0.15) is 11.4 Å². The highest BCUT2D eigenvalue weighted by atomic mass is 35.5. The van der Waals surface area contributed by atoms with Crippen LogP contribution in [-0.4, -0.2) is 72.1 Å². The molecule has 4 heterocycles. The first kappa shape index (κ1) is 34.6. The number of methoxy groups -OCH3 is 2. The van der Waals surface area contributed by atoms with Gasteiger partial charge in [-0.25, -0.2) is 18.4 Å². The largest absolute Gasteiger partial charge is 0.480 e. The fraction of sp³-hybridized carbons (Fsp3) is 0.417. The maximum atomic E-state index is 11.6. The first-order valence-electron chi connectivity index (χ1n) is 16.7. The van der Waals surface area contributed by atoms with E-state index in [9.17, 15) is 13.2 Å². The number of rotatable bonds is 12. The van der Waals surface area contributed by atoms with Crippen LogP contribution < -0.4 is 20.1 Å². The molecule has 2 N–H and O–H groups in total. The summed E-state index contributed by atoms with van der Waals surface area (Å²) in [4.78, 5) is 30.4. The van der Waals surface area contributed by atoms with Gasteiger partial charge in [-0.3, -0.25) is 14.8 Å². The van der Waals surface area contributed by atoms with Gasteiger partial charge < -0.3 is 20.1 Å². The Morgan fingerprint density at radius 3 is 1.98 bits per heavy atom. The van der Waals surface area contributed by atoms with Crippen LogP contribution in [-0.2, 0) is 27.6 Å². The number of amides is 1. The highest BCUT2D eigenvalue weighted by Crippen LogP contribution is 2.50. The Balaban J connectivity index is 1.07. The van der Waals surface area contributed by atoms with Crippen LogP contribution in [0.5, 0.6) is 11.8 Å². The summed E-state index contributed by atoms with van der Waals surface area (Å²) in [6, 6.07) is 11.8. The zero-order valence-corrected chi connectivity index (χ0v) is 30.2. The van der Waals surface area contributed by atoms with E-state index in [0.29, 0.717) is 80.9 Å². The molecule has 3 aliphatic rings. The molecule has 2 aliphatic heterocycles. The van der Waals surface area contributed by atoms with E-state index in [1.54, 1.807) is 26.6 Å². The third-order valence-corrected chi connectivity index (χ3v) is 12.8. The van der Waals surface area contributed by atoms with Gasteiger partial charge in [-0.1, -0.05) is 59.6 Å². The highest BCUT2D eigenvalue weighted by molar-refractivity contribution is 7.92. The lowest BCUT2D eigenvalue weighted by Crippen LogP contribution is -2.61. The van der Waals surface area contributed by atoms with Crippen LogP contribution in [0.25, 0.3) is 33.6 Å². The van der Waals surface area contributed by atoms with Crippen molar-refractivity contribution < 1.29 is 22.7 Å². The Morgan fingerprint density at radius 2 is 1.44 bits per heavy atom. The number of benzene rings is 2. The molecule has 0 radical (unpaired) electrons. The zero-order chi connectivity index (χ0) is 35.0. The van der Waals surface area contributed by atoms with Crippen molar-refractivity contribution in [2.75, 3.05) is 25.7 Å². The van der Waals surface area contributed by atoms with Crippen LogP contribution in [0, 0.1) is 5.41 Å². The summed E-state index contributed by atoms with van der Waals surface area (Å²) in [5, 5.41) is 7.41. The van der Waals surface area contributed by atoms with Crippen molar-refractivity contribution in [1.82, 2.24) is 30.6 Å². The van der Waals surface area contributed by atoms with Crippen LogP contribution in [0.4, 0.5) is 0 Å². The van der Waals surface area contributed by atoms with Crippen molar-refractivity contribution in [3.63, 3.8) is 0 Å². The van der Waals surface area contributed by atoms with E-state index in [2.05, 4.69) is 20.6 Å². The average Bonchev–Trinajstić information content (AvgIpc) is 3.50. The summed E-state index contributed by atoms with van der Waals surface area (Å²) in [5.74, 6) is 1.54. The Kier molecular flexibility index (Phi) is 9.73. The lowest BCUT2D eigenvalue weighted by Gasteiger charge is -2.53. The highest BCUT2D eigenvalue weighted by Gasteiger charge is 2.56. The van der Waals surface area contributed by atoms with Gasteiger partial charge in [0.15, 0.2) is 9.84 Å². The van der Waals surface area contributed by atoms with Gasteiger partial charge in [0.05, 0.1) is 59.6 Å². The summed E-state index contributed by atoms with van der Waals surface area (Å²) in [6.07, 6.45) is 8.95. The van der Waals surface area contributed by atoms with Crippen LogP contribution in [0.3, 0.4) is 0 Å². The van der Waals surface area contributed by atoms with E-state index in [0.717, 1.165) is 48.9 Å². The summed E-state index contributed by atoms with van der Waals surface area (Å²) >= 11 is 14.1. The molecule has 262 valence electrons.